The van der Waals surface area contributed by atoms with Crippen LogP contribution in [-0.4, -0.2) is 23.5 Å². The molecule has 14 heavy (non-hydrogen) atoms. The lowest BCUT2D eigenvalue weighted by Crippen LogP contribution is -2.23. The van der Waals surface area contributed by atoms with Crippen molar-refractivity contribution in [2.24, 2.45) is 0 Å². The van der Waals surface area contributed by atoms with E-state index in [9.17, 15) is 9.59 Å². The molecule has 2 N–H and O–H groups in total. The summed E-state index contributed by atoms with van der Waals surface area (Å²) in [5, 5.41) is 11.1. The van der Waals surface area contributed by atoms with E-state index in [0.29, 0.717) is 19.4 Å². The zero-order valence-electron chi connectivity index (χ0n) is 8.29. The Bertz CT molecular complexity index is 202. The van der Waals surface area contributed by atoms with Gasteiger partial charge in [-0.1, -0.05) is 12.5 Å². The SMILES string of the molecule is C=CCC(=O)NCCCCCC(=O)O. The molecule has 4 heteroatoms. The van der Waals surface area contributed by atoms with E-state index in [1.54, 1.807) is 6.08 Å². The molecule has 0 aliphatic carbocycles. The quantitative estimate of drug-likeness (QED) is 0.457. The molecule has 0 atom stereocenters. The van der Waals surface area contributed by atoms with Crippen molar-refractivity contribution < 1.29 is 14.7 Å². The van der Waals surface area contributed by atoms with E-state index < -0.39 is 5.97 Å². The van der Waals surface area contributed by atoms with Crippen LogP contribution in [0.4, 0.5) is 0 Å². The minimum Gasteiger partial charge on any atom is -0.481 e. The minimum atomic E-state index is -0.763. The molecule has 0 aliphatic heterocycles. The molecule has 0 saturated heterocycles. The predicted octanol–water partition coefficient (Wildman–Crippen LogP) is 1.32. The van der Waals surface area contributed by atoms with Crippen molar-refractivity contribution >= 4 is 11.9 Å². The van der Waals surface area contributed by atoms with E-state index in [1.807, 2.05) is 0 Å². The Morgan fingerprint density at radius 3 is 2.57 bits per heavy atom. The van der Waals surface area contributed by atoms with Crippen LogP contribution in [0.2, 0.25) is 0 Å². The lowest BCUT2D eigenvalue weighted by Gasteiger charge is -2.02. The van der Waals surface area contributed by atoms with Crippen LogP contribution in [0.1, 0.15) is 32.1 Å². The molecule has 0 bridgehead atoms. The fourth-order valence-electron chi connectivity index (χ4n) is 1.01. The van der Waals surface area contributed by atoms with Gasteiger partial charge in [0.1, 0.15) is 0 Å². The number of unbranched alkanes of at least 4 members (excludes halogenated alkanes) is 2. The van der Waals surface area contributed by atoms with Crippen molar-refractivity contribution in [1.82, 2.24) is 5.32 Å². The summed E-state index contributed by atoms with van der Waals surface area (Å²) in [5.74, 6) is -0.793. The molecule has 0 unspecified atom stereocenters. The van der Waals surface area contributed by atoms with Crippen LogP contribution >= 0.6 is 0 Å². The first-order valence-electron chi connectivity index (χ1n) is 4.76. The van der Waals surface area contributed by atoms with Gasteiger partial charge in [0.05, 0.1) is 0 Å². The Morgan fingerprint density at radius 2 is 2.00 bits per heavy atom. The highest BCUT2D eigenvalue weighted by atomic mass is 16.4. The monoisotopic (exact) mass is 199 g/mol. The molecule has 0 heterocycles. The third kappa shape index (κ3) is 8.77. The van der Waals surface area contributed by atoms with E-state index in [2.05, 4.69) is 11.9 Å². The fourth-order valence-corrected chi connectivity index (χ4v) is 1.01. The number of carboxylic acid groups (broad SMARTS) is 1. The van der Waals surface area contributed by atoms with Crippen molar-refractivity contribution in [1.29, 1.82) is 0 Å². The third-order valence-electron chi connectivity index (χ3n) is 1.72. The second-order valence-corrected chi connectivity index (χ2v) is 3.05. The number of amides is 1. The summed E-state index contributed by atoms with van der Waals surface area (Å²) < 4.78 is 0. The number of hydrogen-bond acceptors (Lipinski definition) is 2. The molecule has 0 rings (SSSR count). The smallest absolute Gasteiger partial charge is 0.303 e. The van der Waals surface area contributed by atoms with Gasteiger partial charge in [0.15, 0.2) is 0 Å². The van der Waals surface area contributed by atoms with Crippen molar-refractivity contribution in [2.45, 2.75) is 32.1 Å². The highest BCUT2D eigenvalue weighted by Crippen LogP contribution is 1.98. The van der Waals surface area contributed by atoms with Crippen LogP contribution in [0.3, 0.4) is 0 Å². The molecule has 0 spiro atoms. The summed E-state index contributed by atoms with van der Waals surface area (Å²) in [6, 6.07) is 0. The summed E-state index contributed by atoms with van der Waals surface area (Å²) in [6.45, 7) is 4.07. The lowest BCUT2D eigenvalue weighted by molar-refractivity contribution is -0.137. The number of rotatable bonds is 8. The first kappa shape index (κ1) is 12.7. The average molecular weight is 199 g/mol. The summed E-state index contributed by atoms with van der Waals surface area (Å²) in [6.07, 6.45) is 4.44. The Kier molecular flexibility index (Phi) is 7.50. The van der Waals surface area contributed by atoms with Gasteiger partial charge in [-0.3, -0.25) is 9.59 Å². The molecular formula is C10H17NO3. The summed E-state index contributed by atoms with van der Waals surface area (Å²) in [7, 11) is 0. The summed E-state index contributed by atoms with van der Waals surface area (Å²) >= 11 is 0. The maximum atomic E-state index is 10.9. The molecule has 4 nitrogen and oxygen atoms in total. The standard InChI is InChI=1S/C10H17NO3/c1-2-6-9(12)11-8-5-3-4-7-10(13)14/h2H,1,3-8H2,(H,11,12)(H,13,14). The van der Waals surface area contributed by atoms with Crippen LogP contribution in [0.5, 0.6) is 0 Å². The van der Waals surface area contributed by atoms with E-state index in [4.69, 9.17) is 5.11 Å². The van der Waals surface area contributed by atoms with Gasteiger partial charge in [-0.05, 0) is 12.8 Å². The summed E-state index contributed by atoms with van der Waals surface area (Å²) in [4.78, 5) is 21.1. The Balaban J connectivity index is 3.17. The second kappa shape index (κ2) is 8.29. The normalized spacial score (nSPS) is 9.43. The highest BCUT2D eigenvalue weighted by molar-refractivity contribution is 5.77. The number of nitrogens with one attached hydrogen (secondary N) is 1. The van der Waals surface area contributed by atoms with Crippen molar-refractivity contribution in [3.8, 4) is 0 Å². The van der Waals surface area contributed by atoms with Gasteiger partial charge in [-0.25, -0.2) is 0 Å². The third-order valence-corrected chi connectivity index (χ3v) is 1.72. The fraction of sp³-hybridized carbons (Fsp3) is 0.600. The van der Waals surface area contributed by atoms with Gasteiger partial charge in [0.25, 0.3) is 0 Å². The maximum absolute atomic E-state index is 10.9. The molecule has 0 radical (unpaired) electrons. The zero-order chi connectivity index (χ0) is 10.8. The predicted molar refractivity (Wildman–Crippen MR) is 53.9 cm³/mol. The molecule has 0 aromatic heterocycles. The van der Waals surface area contributed by atoms with Gasteiger partial charge in [-0.15, -0.1) is 6.58 Å². The number of aliphatic carboxylic acids is 1. The second-order valence-electron chi connectivity index (χ2n) is 3.05. The van der Waals surface area contributed by atoms with Gasteiger partial charge in [0.2, 0.25) is 5.91 Å². The van der Waals surface area contributed by atoms with Gasteiger partial charge < -0.3 is 10.4 Å². The van der Waals surface area contributed by atoms with E-state index in [-0.39, 0.29) is 12.3 Å². The summed E-state index contributed by atoms with van der Waals surface area (Å²) in [5.41, 5.74) is 0. The topological polar surface area (TPSA) is 66.4 Å². The van der Waals surface area contributed by atoms with Gasteiger partial charge >= 0.3 is 5.97 Å². The van der Waals surface area contributed by atoms with Crippen LogP contribution in [0.25, 0.3) is 0 Å². The largest absolute Gasteiger partial charge is 0.481 e. The first-order valence-corrected chi connectivity index (χ1v) is 4.76. The number of carbonyl (C=O) groups excluding carboxylic acids is 1. The molecule has 1 amide bonds. The molecule has 0 aromatic carbocycles. The maximum Gasteiger partial charge on any atom is 0.303 e. The van der Waals surface area contributed by atoms with E-state index >= 15 is 0 Å². The van der Waals surface area contributed by atoms with Crippen LogP contribution in [0, 0.1) is 0 Å². The van der Waals surface area contributed by atoms with Crippen molar-refractivity contribution in [3.05, 3.63) is 12.7 Å². The van der Waals surface area contributed by atoms with Gasteiger partial charge in [-0.2, -0.15) is 0 Å². The van der Waals surface area contributed by atoms with Gasteiger partial charge in [0, 0.05) is 19.4 Å². The van der Waals surface area contributed by atoms with Crippen LogP contribution in [-0.2, 0) is 9.59 Å². The zero-order valence-corrected chi connectivity index (χ0v) is 8.29. The van der Waals surface area contributed by atoms with Crippen molar-refractivity contribution in [2.75, 3.05) is 6.54 Å². The first-order chi connectivity index (χ1) is 6.66. The van der Waals surface area contributed by atoms with E-state index in [1.165, 1.54) is 0 Å². The molecule has 80 valence electrons. The Labute approximate surface area is 84.0 Å². The molecule has 0 aromatic rings. The molecular weight excluding hydrogens is 182 g/mol. The van der Waals surface area contributed by atoms with E-state index in [0.717, 1.165) is 12.8 Å². The van der Waals surface area contributed by atoms with Crippen LogP contribution < -0.4 is 5.32 Å². The Hall–Kier alpha value is -1.32. The van der Waals surface area contributed by atoms with Crippen molar-refractivity contribution in [3.63, 3.8) is 0 Å². The number of hydrogen-bond donors (Lipinski definition) is 2. The Morgan fingerprint density at radius 1 is 1.29 bits per heavy atom. The number of carbonyl (C=O) groups is 2. The number of carboxylic acids is 1. The molecule has 0 saturated carbocycles. The molecule has 0 aliphatic rings. The highest BCUT2D eigenvalue weighted by Gasteiger charge is 1.98. The average Bonchev–Trinajstić information content (AvgIpc) is 2.11. The minimum absolute atomic E-state index is 0.0294. The van der Waals surface area contributed by atoms with Crippen LogP contribution in [0.15, 0.2) is 12.7 Å². The molecule has 0 fully saturated rings. The lowest BCUT2D eigenvalue weighted by atomic mass is 10.2.